The maximum Gasteiger partial charge on any atom is 0.164 e. The van der Waals surface area contributed by atoms with Crippen molar-refractivity contribution >= 4 is 43.1 Å². The van der Waals surface area contributed by atoms with Gasteiger partial charge in [-0.2, -0.15) is 0 Å². The van der Waals surface area contributed by atoms with E-state index in [0.29, 0.717) is 17.5 Å². The van der Waals surface area contributed by atoms with Crippen LogP contribution in [0.25, 0.3) is 111 Å². The predicted octanol–water partition coefficient (Wildman–Crippen LogP) is 14.5. The van der Waals surface area contributed by atoms with Crippen molar-refractivity contribution in [1.82, 2.24) is 15.0 Å². The normalized spacial score (nSPS) is 11.4. The minimum atomic E-state index is 0.641. The highest BCUT2D eigenvalue weighted by atomic mass is 15.0. The van der Waals surface area contributed by atoms with Gasteiger partial charge in [0.25, 0.3) is 0 Å². The maximum atomic E-state index is 4.97. The molecule has 0 spiro atoms. The van der Waals surface area contributed by atoms with Crippen LogP contribution in [0.15, 0.2) is 212 Å². The van der Waals surface area contributed by atoms with Crippen LogP contribution in [0, 0.1) is 0 Å². The molecule has 0 aliphatic carbocycles. The third kappa shape index (κ3) is 5.89. The van der Waals surface area contributed by atoms with Gasteiger partial charge < -0.3 is 0 Å². The highest BCUT2D eigenvalue weighted by Crippen LogP contribution is 2.42. The number of aromatic nitrogens is 3. The van der Waals surface area contributed by atoms with Crippen LogP contribution >= 0.6 is 0 Å². The van der Waals surface area contributed by atoms with Crippen molar-refractivity contribution in [3.63, 3.8) is 0 Å². The Balaban J connectivity index is 1.02. The van der Waals surface area contributed by atoms with E-state index in [1.165, 1.54) is 70.9 Å². The van der Waals surface area contributed by atoms with Crippen LogP contribution in [-0.2, 0) is 0 Å². The van der Waals surface area contributed by atoms with E-state index in [2.05, 4.69) is 152 Å². The van der Waals surface area contributed by atoms with Crippen LogP contribution in [-0.4, -0.2) is 15.0 Å². The summed E-state index contributed by atoms with van der Waals surface area (Å²) in [6.07, 6.45) is 0. The zero-order valence-corrected chi connectivity index (χ0v) is 31.5. The van der Waals surface area contributed by atoms with Crippen molar-refractivity contribution in [2.24, 2.45) is 0 Å². The molecule has 0 saturated heterocycles. The molecular formula is C55H35N3. The molecule has 3 heteroatoms. The second-order valence-electron chi connectivity index (χ2n) is 14.8. The second-order valence-corrected chi connectivity index (χ2v) is 14.8. The molecule has 0 N–H and O–H groups in total. The van der Waals surface area contributed by atoms with Crippen LogP contribution in [0.3, 0.4) is 0 Å². The van der Waals surface area contributed by atoms with Crippen molar-refractivity contribution in [2.45, 2.75) is 0 Å². The van der Waals surface area contributed by atoms with Crippen LogP contribution in [0.1, 0.15) is 0 Å². The lowest BCUT2D eigenvalue weighted by molar-refractivity contribution is 1.07. The number of benzene rings is 10. The van der Waals surface area contributed by atoms with E-state index in [-0.39, 0.29) is 0 Å². The van der Waals surface area contributed by atoms with Gasteiger partial charge in [0.15, 0.2) is 17.5 Å². The SMILES string of the molecule is c1ccc(-c2nc(-c3ccccc3)nc(-c3ccc(-c4ccc5ccccc5c4-c4cccc(-c5ccc6c7ccccc7c7ccccc7c6c5)c4)cc3)n2)cc1. The molecule has 0 aliphatic rings. The first-order valence-electron chi connectivity index (χ1n) is 19.7. The van der Waals surface area contributed by atoms with Gasteiger partial charge >= 0.3 is 0 Å². The Morgan fingerprint density at radius 2 is 0.638 bits per heavy atom. The van der Waals surface area contributed by atoms with Gasteiger partial charge in [-0.25, -0.2) is 15.0 Å². The predicted molar refractivity (Wildman–Crippen MR) is 242 cm³/mol. The molecule has 3 nitrogen and oxygen atoms in total. The quantitative estimate of drug-likeness (QED) is 0.160. The van der Waals surface area contributed by atoms with Crippen LogP contribution in [0.5, 0.6) is 0 Å². The summed E-state index contributed by atoms with van der Waals surface area (Å²) in [5, 5.41) is 10.1. The monoisotopic (exact) mass is 737 g/mol. The van der Waals surface area contributed by atoms with Crippen LogP contribution < -0.4 is 0 Å². The summed E-state index contributed by atoms with van der Waals surface area (Å²) in [5.41, 5.74) is 9.90. The van der Waals surface area contributed by atoms with E-state index in [1.807, 2.05) is 60.7 Å². The highest BCUT2D eigenvalue weighted by Gasteiger charge is 2.16. The fourth-order valence-corrected chi connectivity index (χ4v) is 8.50. The summed E-state index contributed by atoms with van der Waals surface area (Å²) in [5.74, 6) is 1.94. The van der Waals surface area contributed by atoms with Gasteiger partial charge in [-0.15, -0.1) is 0 Å². The maximum absolute atomic E-state index is 4.97. The molecule has 0 fully saturated rings. The Labute approximate surface area is 336 Å². The molecule has 1 aromatic heterocycles. The van der Waals surface area contributed by atoms with Crippen LogP contribution in [0.2, 0.25) is 0 Å². The zero-order valence-electron chi connectivity index (χ0n) is 31.5. The summed E-state index contributed by atoms with van der Waals surface area (Å²) in [4.78, 5) is 14.8. The molecular weight excluding hydrogens is 703 g/mol. The van der Waals surface area contributed by atoms with E-state index in [4.69, 9.17) is 15.0 Å². The second kappa shape index (κ2) is 14.1. The first kappa shape index (κ1) is 33.6. The fraction of sp³-hybridized carbons (Fsp3) is 0. The highest BCUT2D eigenvalue weighted by molar-refractivity contribution is 6.25. The summed E-state index contributed by atoms with van der Waals surface area (Å²) in [6.45, 7) is 0. The number of hydrogen-bond acceptors (Lipinski definition) is 3. The van der Waals surface area contributed by atoms with Crippen molar-refractivity contribution in [3.05, 3.63) is 212 Å². The smallest absolute Gasteiger partial charge is 0.164 e. The standard InChI is InChI=1S/C55H35N3/c1-3-15-38(16-4-1)53-56-54(39-17-5-2-6-18-39)58-55(57-53)40-28-26-37(27-29-40)45-32-30-36-14-7-8-21-44(36)52(45)43-20-13-19-41(34-43)42-31-33-50-48-24-10-9-22-46(48)47-23-11-12-25-49(47)51(50)35-42/h1-35H. The van der Waals surface area contributed by atoms with Gasteiger partial charge in [0.1, 0.15) is 0 Å². The largest absolute Gasteiger partial charge is 0.208 e. The zero-order chi connectivity index (χ0) is 38.4. The van der Waals surface area contributed by atoms with Gasteiger partial charge in [0.2, 0.25) is 0 Å². The van der Waals surface area contributed by atoms with E-state index in [0.717, 1.165) is 22.3 Å². The van der Waals surface area contributed by atoms with Gasteiger partial charge in [0.05, 0.1) is 0 Å². The van der Waals surface area contributed by atoms with Crippen molar-refractivity contribution in [2.75, 3.05) is 0 Å². The van der Waals surface area contributed by atoms with Gasteiger partial charge in [-0.05, 0) is 88.6 Å². The molecule has 0 unspecified atom stereocenters. The Hall–Kier alpha value is -7.75. The minimum absolute atomic E-state index is 0.641. The van der Waals surface area contributed by atoms with E-state index < -0.39 is 0 Å². The van der Waals surface area contributed by atoms with Crippen molar-refractivity contribution < 1.29 is 0 Å². The summed E-state index contributed by atoms with van der Waals surface area (Å²) in [6, 6.07) is 75.5. The lowest BCUT2D eigenvalue weighted by atomic mass is 9.88. The number of hydrogen-bond donors (Lipinski definition) is 0. The van der Waals surface area contributed by atoms with Crippen molar-refractivity contribution in [1.29, 1.82) is 0 Å². The third-order valence-electron chi connectivity index (χ3n) is 11.3. The Bertz CT molecular complexity index is 3230. The molecule has 11 rings (SSSR count). The van der Waals surface area contributed by atoms with Gasteiger partial charge in [-0.1, -0.05) is 200 Å². The Morgan fingerprint density at radius 1 is 0.224 bits per heavy atom. The molecule has 58 heavy (non-hydrogen) atoms. The first-order valence-corrected chi connectivity index (χ1v) is 19.7. The first-order chi connectivity index (χ1) is 28.7. The molecule has 0 saturated carbocycles. The third-order valence-corrected chi connectivity index (χ3v) is 11.3. The summed E-state index contributed by atoms with van der Waals surface area (Å²) in [7, 11) is 0. The molecule has 0 aliphatic heterocycles. The molecule has 10 aromatic carbocycles. The molecule has 0 radical (unpaired) electrons. The molecule has 270 valence electrons. The molecule has 0 atom stereocenters. The van der Waals surface area contributed by atoms with Crippen LogP contribution in [0.4, 0.5) is 0 Å². The Kier molecular flexibility index (Phi) is 8.15. The van der Waals surface area contributed by atoms with Gasteiger partial charge in [-0.3, -0.25) is 0 Å². The molecule has 1 heterocycles. The molecule has 0 amide bonds. The Morgan fingerprint density at radius 3 is 1.24 bits per heavy atom. The minimum Gasteiger partial charge on any atom is -0.208 e. The number of rotatable bonds is 6. The topological polar surface area (TPSA) is 38.7 Å². The summed E-state index contributed by atoms with van der Waals surface area (Å²) < 4.78 is 0. The van der Waals surface area contributed by atoms with Gasteiger partial charge in [0, 0.05) is 16.7 Å². The summed E-state index contributed by atoms with van der Waals surface area (Å²) >= 11 is 0. The lowest BCUT2D eigenvalue weighted by Crippen LogP contribution is -2.00. The molecule has 11 aromatic rings. The fourth-order valence-electron chi connectivity index (χ4n) is 8.50. The van der Waals surface area contributed by atoms with E-state index in [1.54, 1.807) is 0 Å². The van der Waals surface area contributed by atoms with Crippen molar-refractivity contribution in [3.8, 4) is 67.5 Å². The number of fused-ring (bicyclic) bond motifs is 7. The lowest BCUT2D eigenvalue weighted by Gasteiger charge is -2.16. The van der Waals surface area contributed by atoms with E-state index in [9.17, 15) is 0 Å². The average Bonchev–Trinajstić information content (AvgIpc) is 3.31. The van der Waals surface area contributed by atoms with E-state index >= 15 is 0 Å². The number of nitrogens with zero attached hydrogens (tertiary/aromatic N) is 3. The molecule has 0 bridgehead atoms. The average molecular weight is 738 g/mol.